The van der Waals surface area contributed by atoms with E-state index in [2.05, 4.69) is 13.8 Å². The molecule has 0 N–H and O–H groups in total. The van der Waals surface area contributed by atoms with E-state index in [0.717, 1.165) is 5.56 Å². The SMILES string of the molecule is CC1(C)CCCCC1C(Cl)Cc1ccccc1F. The van der Waals surface area contributed by atoms with Gasteiger partial charge in [0.25, 0.3) is 0 Å². The van der Waals surface area contributed by atoms with Crippen LogP contribution in [0.1, 0.15) is 45.1 Å². The molecule has 0 amide bonds. The predicted molar refractivity (Wildman–Crippen MR) is 75.5 cm³/mol. The van der Waals surface area contributed by atoms with Crippen molar-refractivity contribution in [3.05, 3.63) is 35.6 Å². The Bertz CT molecular complexity index is 400. The second-order valence-corrected chi connectivity index (χ2v) is 6.71. The van der Waals surface area contributed by atoms with Crippen LogP contribution < -0.4 is 0 Å². The summed E-state index contributed by atoms with van der Waals surface area (Å²) >= 11 is 6.58. The quantitative estimate of drug-likeness (QED) is 0.662. The van der Waals surface area contributed by atoms with E-state index in [-0.39, 0.29) is 16.6 Å². The largest absolute Gasteiger partial charge is 0.207 e. The molecule has 0 radical (unpaired) electrons. The summed E-state index contributed by atoms with van der Waals surface area (Å²) in [4.78, 5) is 0. The Kier molecular flexibility index (Phi) is 4.32. The third-order valence-corrected chi connectivity index (χ3v) is 4.86. The molecule has 2 unspecified atom stereocenters. The average Bonchev–Trinajstić information content (AvgIpc) is 2.31. The van der Waals surface area contributed by atoms with Crippen molar-refractivity contribution in [3.63, 3.8) is 0 Å². The second kappa shape index (κ2) is 5.61. The summed E-state index contributed by atoms with van der Waals surface area (Å²) < 4.78 is 13.7. The van der Waals surface area contributed by atoms with Gasteiger partial charge in [0.15, 0.2) is 0 Å². The lowest BCUT2D eigenvalue weighted by Crippen LogP contribution is -2.35. The molecule has 2 atom stereocenters. The van der Waals surface area contributed by atoms with Gasteiger partial charge in [-0.15, -0.1) is 11.6 Å². The Labute approximate surface area is 115 Å². The highest BCUT2D eigenvalue weighted by Gasteiger charge is 2.36. The number of hydrogen-bond acceptors (Lipinski definition) is 0. The molecule has 1 fully saturated rings. The molecule has 18 heavy (non-hydrogen) atoms. The maximum atomic E-state index is 13.7. The van der Waals surface area contributed by atoms with Crippen LogP contribution in [0.5, 0.6) is 0 Å². The Morgan fingerprint density at radius 3 is 2.72 bits per heavy atom. The van der Waals surface area contributed by atoms with Gasteiger partial charge in [0.2, 0.25) is 0 Å². The molecule has 0 nitrogen and oxygen atoms in total. The summed E-state index contributed by atoms with van der Waals surface area (Å²) in [5.41, 5.74) is 1.04. The molecule has 0 bridgehead atoms. The van der Waals surface area contributed by atoms with Crippen molar-refractivity contribution >= 4 is 11.6 Å². The average molecular weight is 269 g/mol. The number of halogens is 2. The van der Waals surface area contributed by atoms with Gasteiger partial charge in [-0.1, -0.05) is 44.9 Å². The molecular formula is C16H22ClF. The minimum atomic E-state index is -0.128. The lowest BCUT2D eigenvalue weighted by molar-refractivity contribution is 0.132. The van der Waals surface area contributed by atoms with Crippen LogP contribution in [0.2, 0.25) is 0 Å². The molecule has 0 aromatic heterocycles. The highest BCUT2D eigenvalue weighted by molar-refractivity contribution is 6.21. The summed E-state index contributed by atoms with van der Waals surface area (Å²) in [6.45, 7) is 4.60. The van der Waals surface area contributed by atoms with E-state index < -0.39 is 0 Å². The van der Waals surface area contributed by atoms with Gasteiger partial charge in [-0.3, -0.25) is 0 Å². The van der Waals surface area contributed by atoms with E-state index >= 15 is 0 Å². The van der Waals surface area contributed by atoms with Crippen LogP contribution in [-0.2, 0) is 6.42 Å². The first-order valence-electron chi connectivity index (χ1n) is 6.88. The van der Waals surface area contributed by atoms with Crippen molar-refractivity contribution in [3.8, 4) is 0 Å². The third-order valence-electron chi connectivity index (χ3n) is 4.40. The van der Waals surface area contributed by atoms with Crippen molar-refractivity contribution in [1.82, 2.24) is 0 Å². The Morgan fingerprint density at radius 2 is 2.06 bits per heavy atom. The van der Waals surface area contributed by atoms with Gasteiger partial charge in [0.05, 0.1) is 0 Å². The lowest BCUT2D eigenvalue weighted by atomic mass is 9.67. The van der Waals surface area contributed by atoms with Gasteiger partial charge in [-0.25, -0.2) is 4.39 Å². The maximum Gasteiger partial charge on any atom is 0.126 e. The first-order valence-corrected chi connectivity index (χ1v) is 7.32. The molecule has 1 aromatic carbocycles. The van der Waals surface area contributed by atoms with Gasteiger partial charge < -0.3 is 0 Å². The predicted octanol–water partition coefficient (Wildman–Crippen LogP) is 5.19. The molecule has 0 saturated heterocycles. The molecule has 1 aromatic rings. The van der Waals surface area contributed by atoms with Crippen LogP contribution in [0.25, 0.3) is 0 Å². The van der Waals surface area contributed by atoms with Crippen LogP contribution in [0.4, 0.5) is 4.39 Å². The van der Waals surface area contributed by atoms with E-state index in [1.807, 2.05) is 12.1 Å². The van der Waals surface area contributed by atoms with Crippen LogP contribution in [-0.4, -0.2) is 5.38 Å². The van der Waals surface area contributed by atoms with Gasteiger partial charge in [-0.2, -0.15) is 0 Å². The molecule has 2 rings (SSSR count). The molecule has 100 valence electrons. The standard InChI is InChI=1S/C16H22ClF/c1-16(2)10-6-5-8-13(16)14(17)11-12-7-3-4-9-15(12)18/h3-4,7,9,13-14H,5-6,8,10-11H2,1-2H3. The zero-order valence-electron chi connectivity index (χ0n) is 11.3. The van der Waals surface area contributed by atoms with Crippen molar-refractivity contribution < 1.29 is 4.39 Å². The summed E-state index contributed by atoms with van der Waals surface area (Å²) in [7, 11) is 0. The fourth-order valence-electron chi connectivity index (χ4n) is 3.21. The molecule has 1 saturated carbocycles. The fourth-order valence-corrected chi connectivity index (χ4v) is 3.84. The van der Waals surface area contributed by atoms with Crippen molar-refractivity contribution in [2.75, 3.05) is 0 Å². The Morgan fingerprint density at radius 1 is 1.33 bits per heavy atom. The first kappa shape index (κ1) is 13.9. The molecule has 0 spiro atoms. The number of benzene rings is 1. The second-order valence-electron chi connectivity index (χ2n) is 6.15. The highest BCUT2D eigenvalue weighted by atomic mass is 35.5. The van der Waals surface area contributed by atoms with E-state index in [4.69, 9.17) is 11.6 Å². The maximum absolute atomic E-state index is 13.7. The van der Waals surface area contributed by atoms with Crippen LogP contribution in [0.15, 0.2) is 24.3 Å². The summed E-state index contributed by atoms with van der Waals surface area (Å²) in [5, 5.41) is 0.0391. The molecule has 1 aliphatic rings. The summed E-state index contributed by atoms with van der Waals surface area (Å²) in [6.07, 6.45) is 5.61. The zero-order valence-corrected chi connectivity index (χ0v) is 12.0. The van der Waals surface area contributed by atoms with Crippen LogP contribution in [0.3, 0.4) is 0 Å². The van der Waals surface area contributed by atoms with E-state index in [9.17, 15) is 4.39 Å². The number of rotatable bonds is 3. The summed E-state index contributed by atoms with van der Waals surface area (Å²) in [5.74, 6) is 0.365. The van der Waals surface area contributed by atoms with Gasteiger partial charge >= 0.3 is 0 Å². The van der Waals surface area contributed by atoms with Gasteiger partial charge in [0.1, 0.15) is 5.82 Å². The van der Waals surface area contributed by atoms with E-state index in [1.165, 1.54) is 31.7 Å². The molecule has 0 heterocycles. The van der Waals surface area contributed by atoms with Crippen molar-refractivity contribution in [2.45, 2.75) is 51.3 Å². The van der Waals surface area contributed by atoms with E-state index in [0.29, 0.717) is 12.3 Å². The van der Waals surface area contributed by atoms with E-state index in [1.54, 1.807) is 6.07 Å². The third kappa shape index (κ3) is 3.06. The Hall–Kier alpha value is -0.560. The van der Waals surface area contributed by atoms with Crippen LogP contribution in [0, 0.1) is 17.2 Å². The summed E-state index contributed by atoms with van der Waals surface area (Å²) in [6, 6.07) is 6.98. The monoisotopic (exact) mass is 268 g/mol. The normalized spacial score (nSPS) is 24.8. The number of hydrogen-bond donors (Lipinski definition) is 0. The number of alkyl halides is 1. The minimum absolute atomic E-state index is 0.0391. The van der Waals surface area contributed by atoms with Crippen molar-refractivity contribution in [1.29, 1.82) is 0 Å². The van der Waals surface area contributed by atoms with Crippen LogP contribution >= 0.6 is 11.6 Å². The fraction of sp³-hybridized carbons (Fsp3) is 0.625. The first-order chi connectivity index (χ1) is 8.50. The smallest absolute Gasteiger partial charge is 0.126 e. The highest BCUT2D eigenvalue weighted by Crippen LogP contribution is 2.44. The zero-order chi connectivity index (χ0) is 13.2. The van der Waals surface area contributed by atoms with Gasteiger partial charge in [-0.05, 0) is 42.2 Å². The topological polar surface area (TPSA) is 0 Å². The Balaban J connectivity index is 2.07. The van der Waals surface area contributed by atoms with Crippen molar-refractivity contribution in [2.24, 2.45) is 11.3 Å². The molecule has 2 heteroatoms. The minimum Gasteiger partial charge on any atom is -0.207 e. The lowest BCUT2D eigenvalue weighted by Gasteiger charge is -2.41. The molecule has 1 aliphatic carbocycles. The van der Waals surface area contributed by atoms with Gasteiger partial charge in [0, 0.05) is 5.38 Å². The molecular weight excluding hydrogens is 247 g/mol. The molecule has 0 aliphatic heterocycles.